The summed E-state index contributed by atoms with van der Waals surface area (Å²) in [6.07, 6.45) is 0.209. The number of rotatable bonds is 9. The summed E-state index contributed by atoms with van der Waals surface area (Å²) in [4.78, 5) is 28.1. The Morgan fingerprint density at radius 1 is 0.725 bits per heavy atom. The van der Waals surface area contributed by atoms with Crippen molar-refractivity contribution >= 4 is 11.9 Å². The quantitative estimate of drug-likeness (QED) is 0.236. The zero-order valence-corrected chi connectivity index (χ0v) is 24.1. The van der Waals surface area contributed by atoms with Gasteiger partial charge in [0.2, 0.25) is 0 Å². The van der Waals surface area contributed by atoms with Crippen molar-refractivity contribution in [1.82, 2.24) is 4.90 Å². The number of carbonyl (C=O) groups excluding carboxylic acids is 1. The molecule has 206 valence electrons. The van der Waals surface area contributed by atoms with Gasteiger partial charge in [0.15, 0.2) is 0 Å². The van der Waals surface area contributed by atoms with Gasteiger partial charge in [0.1, 0.15) is 6.04 Å². The first-order valence-electron chi connectivity index (χ1n) is 13.9. The van der Waals surface area contributed by atoms with Gasteiger partial charge in [-0.15, -0.1) is 0 Å². The Hall–Kier alpha value is -4.18. The molecule has 4 nitrogen and oxygen atoms in total. The Kier molecular flexibility index (Phi) is 8.89. The third-order valence-electron chi connectivity index (χ3n) is 7.41. The van der Waals surface area contributed by atoms with Gasteiger partial charge in [0.05, 0.1) is 0 Å². The summed E-state index contributed by atoms with van der Waals surface area (Å²) in [5, 5.41) is 10.4. The lowest BCUT2D eigenvalue weighted by Gasteiger charge is -2.30. The van der Waals surface area contributed by atoms with Crippen LogP contribution in [-0.2, 0) is 23.2 Å². The van der Waals surface area contributed by atoms with E-state index in [4.69, 9.17) is 0 Å². The van der Waals surface area contributed by atoms with Crippen LogP contribution in [0.25, 0.3) is 11.1 Å². The van der Waals surface area contributed by atoms with Crippen LogP contribution in [0.15, 0.2) is 103 Å². The van der Waals surface area contributed by atoms with E-state index in [-0.39, 0.29) is 24.3 Å². The van der Waals surface area contributed by atoms with E-state index in [2.05, 4.69) is 46.8 Å². The highest BCUT2D eigenvalue weighted by atomic mass is 16.4. The number of carbonyl (C=O) groups is 2. The molecule has 4 aromatic carbocycles. The molecule has 0 aliphatic carbocycles. The number of hydrogen-bond donors (Lipinski definition) is 1. The second-order valence-electron chi connectivity index (χ2n) is 11.8. The van der Waals surface area contributed by atoms with Crippen LogP contribution in [0.4, 0.5) is 0 Å². The molecule has 0 aromatic heterocycles. The lowest BCUT2D eigenvalue weighted by molar-refractivity contribution is -0.142. The summed E-state index contributed by atoms with van der Waals surface area (Å²) in [7, 11) is 0. The number of nitrogens with zero attached hydrogens (tertiary/aromatic N) is 1. The number of aliphatic carboxylic acids is 1. The summed E-state index contributed by atoms with van der Waals surface area (Å²) in [6.45, 7) is 10.9. The average Bonchev–Trinajstić information content (AvgIpc) is 2.95. The number of carboxylic acids is 1. The normalized spacial score (nSPS) is 12.2. The van der Waals surface area contributed by atoms with E-state index < -0.39 is 12.0 Å². The Bertz CT molecular complexity index is 1420. The van der Waals surface area contributed by atoms with Crippen LogP contribution in [0.5, 0.6) is 0 Å². The van der Waals surface area contributed by atoms with E-state index in [0.717, 1.165) is 27.8 Å². The molecule has 1 amide bonds. The smallest absolute Gasteiger partial charge is 0.326 e. The molecule has 40 heavy (non-hydrogen) atoms. The van der Waals surface area contributed by atoms with Gasteiger partial charge in [-0.2, -0.15) is 0 Å². The third kappa shape index (κ3) is 7.06. The van der Waals surface area contributed by atoms with Crippen LogP contribution in [0.2, 0.25) is 0 Å². The maximum absolute atomic E-state index is 13.9. The molecule has 0 bridgehead atoms. The van der Waals surface area contributed by atoms with Crippen molar-refractivity contribution in [2.45, 2.75) is 65.0 Å². The van der Waals surface area contributed by atoms with E-state index >= 15 is 0 Å². The van der Waals surface area contributed by atoms with Gasteiger partial charge in [-0.1, -0.05) is 126 Å². The van der Waals surface area contributed by atoms with E-state index in [0.29, 0.717) is 11.5 Å². The average molecular weight is 534 g/mol. The van der Waals surface area contributed by atoms with Crippen molar-refractivity contribution in [3.8, 4) is 11.1 Å². The molecule has 1 N–H and O–H groups in total. The van der Waals surface area contributed by atoms with Gasteiger partial charge in [-0.05, 0) is 56.8 Å². The van der Waals surface area contributed by atoms with Gasteiger partial charge in [0, 0.05) is 18.5 Å². The Morgan fingerprint density at radius 3 is 1.80 bits per heavy atom. The molecule has 0 spiro atoms. The predicted octanol–water partition coefficient (Wildman–Crippen LogP) is 8.11. The SMILES string of the molecule is CC(C)c1ccc(CN(C(=O)c2ccc(C(C)(C)C)cc2)[C@@H](Cc2ccc(-c3ccccc3)cc2)C(=O)O)cc1. The summed E-state index contributed by atoms with van der Waals surface area (Å²) >= 11 is 0. The van der Waals surface area contributed by atoms with E-state index in [1.165, 1.54) is 10.5 Å². The molecular formula is C36H39NO3. The van der Waals surface area contributed by atoms with Crippen LogP contribution >= 0.6 is 0 Å². The molecule has 4 rings (SSSR count). The van der Waals surface area contributed by atoms with Crippen molar-refractivity contribution in [2.75, 3.05) is 0 Å². The number of carboxylic acid groups (broad SMARTS) is 1. The maximum atomic E-state index is 13.9. The van der Waals surface area contributed by atoms with E-state index in [9.17, 15) is 14.7 Å². The fourth-order valence-electron chi connectivity index (χ4n) is 4.82. The van der Waals surface area contributed by atoms with E-state index in [1.807, 2.05) is 91.0 Å². The van der Waals surface area contributed by atoms with Crippen molar-refractivity contribution in [1.29, 1.82) is 0 Å². The largest absolute Gasteiger partial charge is 0.480 e. The first-order valence-corrected chi connectivity index (χ1v) is 13.9. The predicted molar refractivity (Wildman–Crippen MR) is 163 cm³/mol. The first-order chi connectivity index (χ1) is 19.0. The molecule has 0 fully saturated rings. The topological polar surface area (TPSA) is 57.6 Å². The van der Waals surface area contributed by atoms with Gasteiger partial charge in [0.25, 0.3) is 5.91 Å². The minimum absolute atomic E-state index is 0.0467. The van der Waals surface area contributed by atoms with Crippen LogP contribution in [0, 0.1) is 0 Å². The summed E-state index contributed by atoms with van der Waals surface area (Å²) in [5.74, 6) is -0.925. The Labute approximate surface area is 238 Å². The summed E-state index contributed by atoms with van der Waals surface area (Å²) in [5.41, 5.74) is 6.68. The second kappa shape index (κ2) is 12.3. The molecule has 0 unspecified atom stereocenters. The molecule has 0 aliphatic rings. The molecule has 4 aromatic rings. The van der Waals surface area contributed by atoms with Crippen LogP contribution in [0.1, 0.15) is 73.1 Å². The molecule has 1 atom stereocenters. The second-order valence-corrected chi connectivity index (χ2v) is 11.8. The lowest BCUT2D eigenvalue weighted by Crippen LogP contribution is -2.46. The van der Waals surface area contributed by atoms with Crippen LogP contribution < -0.4 is 0 Å². The summed E-state index contributed by atoms with van der Waals surface area (Å²) in [6, 6.07) is 32.6. The lowest BCUT2D eigenvalue weighted by atomic mass is 9.86. The molecule has 0 heterocycles. The van der Waals surface area contributed by atoms with Gasteiger partial charge in [-0.3, -0.25) is 4.79 Å². The van der Waals surface area contributed by atoms with Gasteiger partial charge >= 0.3 is 5.97 Å². The van der Waals surface area contributed by atoms with Gasteiger partial charge < -0.3 is 10.0 Å². The molecular weight excluding hydrogens is 494 g/mol. The van der Waals surface area contributed by atoms with Crippen molar-refractivity contribution in [3.63, 3.8) is 0 Å². The summed E-state index contributed by atoms with van der Waals surface area (Å²) < 4.78 is 0. The maximum Gasteiger partial charge on any atom is 0.326 e. The fourth-order valence-corrected chi connectivity index (χ4v) is 4.82. The highest BCUT2D eigenvalue weighted by Crippen LogP contribution is 2.25. The standard InChI is InChI=1S/C36H39NO3/c1-25(2)28-15-13-27(14-16-28)24-37(34(38)31-19-21-32(22-20-31)36(3,4)5)33(35(39)40)23-26-11-17-30(18-12-26)29-9-7-6-8-10-29/h6-22,25,33H,23-24H2,1-5H3,(H,39,40)/t33-/m0/s1. The van der Waals surface area contributed by atoms with Crippen molar-refractivity contribution < 1.29 is 14.7 Å². The number of hydrogen-bond acceptors (Lipinski definition) is 2. The number of benzene rings is 4. The molecule has 4 heteroatoms. The fraction of sp³-hybridized carbons (Fsp3) is 0.278. The van der Waals surface area contributed by atoms with Crippen LogP contribution in [-0.4, -0.2) is 27.9 Å². The van der Waals surface area contributed by atoms with Crippen molar-refractivity contribution in [2.24, 2.45) is 0 Å². The first kappa shape index (κ1) is 28.8. The minimum Gasteiger partial charge on any atom is -0.480 e. The molecule has 0 aliphatic heterocycles. The van der Waals surface area contributed by atoms with E-state index in [1.54, 1.807) is 0 Å². The van der Waals surface area contributed by atoms with Crippen molar-refractivity contribution in [3.05, 3.63) is 131 Å². The Morgan fingerprint density at radius 2 is 1.27 bits per heavy atom. The molecule has 0 saturated heterocycles. The van der Waals surface area contributed by atoms with Gasteiger partial charge in [-0.25, -0.2) is 4.79 Å². The zero-order chi connectivity index (χ0) is 28.9. The minimum atomic E-state index is -1.03. The monoisotopic (exact) mass is 533 g/mol. The molecule has 0 saturated carbocycles. The Balaban J connectivity index is 1.65. The van der Waals surface area contributed by atoms with Crippen LogP contribution in [0.3, 0.4) is 0 Å². The number of amides is 1. The third-order valence-corrected chi connectivity index (χ3v) is 7.41. The highest BCUT2D eigenvalue weighted by molar-refractivity contribution is 5.96. The zero-order valence-electron chi connectivity index (χ0n) is 24.1. The molecule has 0 radical (unpaired) electrons. The highest BCUT2D eigenvalue weighted by Gasteiger charge is 2.31.